The Morgan fingerprint density at radius 3 is 2.44 bits per heavy atom. The van der Waals surface area contributed by atoms with Crippen LogP contribution in [0.5, 0.6) is 0 Å². The van der Waals surface area contributed by atoms with Gasteiger partial charge in [-0.1, -0.05) is 24.6 Å². The van der Waals surface area contributed by atoms with Gasteiger partial charge in [0.2, 0.25) is 0 Å². The topological polar surface area (TPSA) is 40.5 Å². The van der Waals surface area contributed by atoms with Gasteiger partial charge in [-0.05, 0) is 111 Å². The lowest BCUT2D eigenvalue weighted by atomic mass is 9.53. The van der Waals surface area contributed by atoms with E-state index in [1.807, 2.05) is 6.08 Å². The Kier molecular flexibility index (Phi) is 7.11. The molecule has 3 nitrogen and oxygen atoms in total. The van der Waals surface area contributed by atoms with E-state index in [1.54, 1.807) is 12.5 Å². The summed E-state index contributed by atoms with van der Waals surface area (Å²) in [6.07, 6.45) is 13.2. The van der Waals surface area contributed by atoms with Crippen LogP contribution in [-0.2, 0) is 4.79 Å². The minimum Gasteiger partial charge on any atom is -0.393 e. The lowest BCUT2D eigenvalue weighted by Gasteiger charge is -2.52. The lowest BCUT2D eigenvalue weighted by molar-refractivity contribution is -0.114. The maximum atomic E-state index is 12.1. The highest BCUT2D eigenvalue weighted by molar-refractivity contribution is 5.93. The first kappa shape index (κ1) is 24.8. The van der Waals surface area contributed by atoms with Crippen molar-refractivity contribution in [3.8, 4) is 12.3 Å². The second-order valence-electron chi connectivity index (χ2n) is 11.3. The molecule has 1 aromatic rings. The second-order valence-corrected chi connectivity index (χ2v) is 11.3. The van der Waals surface area contributed by atoms with Crippen LogP contribution in [0.25, 0.3) is 0 Å². The van der Waals surface area contributed by atoms with E-state index < -0.39 is 0 Å². The molecule has 3 heteroatoms. The van der Waals surface area contributed by atoms with E-state index in [0.29, 0.717) is 36.0 Å². The Labute approximate surface area is 206 Å². The summed E-state index contributed by atoms with van der Waals surface area (Å²) in [4.78, 5) is 14.4. The molecular weight excluding hydrogens is 418 g/mol. The van der Waals surface area contributed by atoms with Crippen LogP contribution < -0.4 is 4.90 Å². The summed E-state index contributed by atoms with van der Waals surface area (Å²) in [7, 11) is 2.15. The molecule has 1 N–H and O–H groups in total. The molecule has 0 amide bonds. The Hall–Kier alpha value is -2.31. The van der Waals surface area contributed by atoms with Gasteiger partial charge in [-0.2, -0.15) is 0 Å². The normalized spacial score (nSPS) is 32.1. The number of aliphatic hydroxyl groups is 1. The second kappa shape index (κ2) is 9.74. The molecule has 34 heavy (non-hydrogen) atoms. The number of carbonyl (C=O) groups excluding carboxylic acids is 1. The number of benzene rings is 1. The van der Waals surface area contributed by atoms with Crippen LogP contribution >= 0.6 is 0 Å². The largest absolute Gasteiger partial charge is 0.393 e. The van der Waals surface area contributed by atoms with E-state index in [1.165, 1.54) is 22.4 Å². The van der Waals surface area contributed by atoms with Crippen LogP contribution in [0.1, 0.15) is 84.1 Å². The van der Waals surface area contributed by atoms with Crippen molar-refractivity contribution >= 4 is 11.5 Å². The van der Waals surface area contributed by atoms with Crippen molar-refractivity contribution in [3.05, 3.63) is 52.6 Å². The first-order valence-electron chi connectivity index (χ1n) is 13.1. The molecule has 0 saturated heterocycles. The highest BCUT2D eigenvalue weighted by Gasteiger charge is 2.56. The quantitative estimate of drug-likeness (QED) is 0.530. The fourth-order valence-corrected chi connectivity index (χ4v) is 7.17. The van der Waals surface area contributed by atoms with E-state index >= 15 is 0 Å². The molecule has 0 radical (unpaired) electrons. The van der Waals surface area contributed by atoms with Crippen LogP contribution in [0, 0.1) is 29.6 Å². The highest BCUT2D eigenvalue weighted by atomic mass is 16.3. The molecule has 2 saturated carbocycles. The molecule has 5 unspecified atom stereocenters. The number of ketones is 1. The summed E-state index contributed by atoms with van der Waals surface area (Å²) in [5.74, 6) is 4.03. The van der Waals surface area contributed by atoms with Crippen LogP contribution in [0.15, 0.2) is 47.1 Å². The number of terminal acetylenes is 1. The first-order valence-corrected chi connectivity index (χ1v) is 13.1. The number of allylic oxidation sites excluding steroid dienone is 4. The van der Waals surface area contributed by atoms with Crippen LogP contribution in [0.2, 0.25) is 0 Å². The van der Waals surface area contributed by atoms with Gasteiger partial charge in [0.05, 0.1) is 6.10 Å². The number of fused-ring (bicyclic) bond motifs is 4. The molecule has 0 aromatic heterocycles. The van der Waals surface area contributed by atoms with Crippen molar-refractivity contribution in [2.75, 3.05) is 11.9 Å². The predicted octanol–water partition coefficient (Wildman–Crippen LogP) is 6.43. The monoisotopic (exact) mass is 459 g/mol. The number of aliphatic hydroxyl groups excluding tert-OH is 1. The van der Waals surface area contributed by atoms with Gasteiger partial charge in [-0.3, -0.25) is 4.79 Å². The SMILES string of the molecule is C#CC.CC(C)N(C)c1ccc(C2CC3(C)C(O)CCC3C3CCC4=CC(=O)CCC4=C23)cc1. The standard InChI is InChI=1S/C28H37NO2.C3H4/c1-17(2)29(4)20-8-5-18(6-9-20)24-16-28(3)25(13-14-26(28)31)23-11-7-19-15-21(30)10-12-22(19)27(23)24;1-3-2/h5-6,8-9,15,17,23-26,31H,7,10-14,16H2,1-4H3;1H,2H3. The van der Waals surface area contributed by atoms with Gasteiger partial charge in [0.25, 0.3) is 0 Å². The molecule has 0 bridgehead atoms. The van der Waals surface area contributed by atoms with Crippen molar-refractivity contribution in [1.29, 1.82) is 0 Å². The minimum absolute atomic E-state index is 0.00150. The average molecular weight is 460 g/mol. The summed E-state index contributed by atoms with van der Waals surface area (Å²) in [5, 5.41) is 11.0. The van der Waals surface area contributed by atoms with Crippen molar-refractivity contribution < 1.29 is 9.90 Å². The molecule has 5 rings (SSSR count). The molecule has 5 atom stereocenters. The Morgan fingerprint density at radius 2 is 1.79 bits per heavy atom. The van der Waals surface area contributed by atoms with Gasteiger partial charge < -0.3 is 10.0 Å². The maximum absolute atomic E-state index is 12.1. The van der Waals surface area contributed by atoms with E-state index in [-0.39, 0.29) is 11.5 Å². The lowest BCUT2D eigenvalue weighted by Crippen LogP contribution is -2.45. The Bertz CT molecular complexity index is 1020. The number of nitrogens with zero attached hydrogens (tertiary/aromatic N) is 1. The summed E-state index contributed by atoms with van der Waals surface area (Å²) in [5.41, 5.74) is 7.05. The van der Waals surface area contributed by atoms with Gasteiger partial charge in [-0.15, -0.1) is 12.3 Å². The fourth-order valence-electron chi connectivity index (χ4n) is 7.17. The van der Waals surface area contributed by atoms with Gasteiger partial charge in [0.15, 0.2) is 5.78 Å². The summed E-state index contributed by atoms with van der Waals surface area (Å²) in [6.45, 7) is 8.43. The third-order valence-corrected chi connectivity index (χ3v) is 9.16. The first-order chi connectivity index (χ1) is 16.2. The highest BCUT2D eigenvalue weighted by Crippen LogP contribution is 2.63. The van der Waals surface area contributed by atoms with Crippen molar-refractivity contribution in [3.63, 3.8) is 0 Å². The molecule has 4 aliphatic rings. The fraction of sp³-hybridized carbons (Fsp3) is 0.581. The summed E-state index contributed by atoms with van der Waals surface area (Å²) >= 11 is 0. The van der Waals surface area contributed by atoms with Crippen molar-refractivity contribution in [2.24, 2.45) is 17.3 Å². The van der Waals surface area contributed by atoms with E-state index in [9.17, 15) is 9.90 Å². The zero-order valence-corrected chi connectivity index (χ0v) is 21.6. The molecule has 4 aliphatic carbocycles. The molecule has 0 aliphatic heterocycles. The third-order valence-electron chi connectivity index (χ3n) is 9.16. The van der Waals surface area contributed by atoms with Crippen LogP contribution in [0.4, 0.5) is 5.69 Å². The van der Waals surface area contributed by atoms with Crippen molar-refractivity contribution in [1.82, 2.24) is 0 Å². The molecule has 1 aromatic carbocycles. The van der Waals surface area contributed by atoms with Gasteiger partial charge in [-0.25, -0.2) is 0 Å². The molecule has 2 fully saturated rings. The van der Waals surface area contributed by atoms with Crippen molar-refractivity contribution in [2.45, 2.75) is 90.7 Å². The smallest absolute Gasteiger partial charge is 0.156 e. The van der Waals surface area contributed by atoms with E-state index in [4.69, 9.17) is 0 Å². The summed E-state index contributed by atoms with van der Waals surface area (Å²) in [6, 6.07) is 9.63. The van der Waals surface area contributed by atoms with Crippen LogP contribution in [-0.4, -0.2) is 30.1 Å². The number of hydrogen-bond donors (Lipinski definition) is 1. The van der Waals surface area contributed by atoms with Crippen LogP contribution in [0.3, 0.4) is 0 Å². The Balaban J connectivity index is 0.000000868. The molecule has 0 spiro atoms. The number of anilines is 1. The molecule has 0 heterocycles. The molecular formula is C31H41NO2. The zero-order valence-electron chi connectivity index (χ0n) is 21.6. The molecule has 182 valence electrons. The Morgan fingerprint density at radius 1 is 1.12 bits per heavy atom. The maximum Gasteiger partial charge on any atom is 0.156 e. The minimum atomic E-state index is -0.192. The van der Waals surface area contributed by atoms with Gasteiger partial charge >= 0.3 is 0 Å². The van der Waals surface area contributed by atoms with E-state index in [0.717, 1.165) is 38.5 Å². The predicted molar refractivity (Wildman–Crippen MR) is 141 cm³/mol. The number of carbonyl (C=O) groups is 1. The number of rotatable bonds is 3. The summed E-state index contributed by atoms with van der Waals surface area (Å²) < 4.78 is 0. The number of hydrogen-bond acceptors (Lipinski definition) is 3. The van der Waals surface area contributed by atoms with E-state index in [2.05, 4.69) is 69.3 Å². The zero-order chi connectivity index (χ0) is 24.6. The van der Waals surface area contributed by atoms with Gasteiger partial charge in [0, 0.05) is 31.1 Å². The van der Waals surface area contributed by atoms with Gasteiger partial charge in [0.1, 0.15) is 0 Å². The average Bonchev–Trinajstić information content (AvgIpc) is 3.12. The third kappa shape index (κ3) is 4.27.